The summed E-state index contributed by atoms with van der Waals surface area (Å²) in [6.45, 7) is 4.75. The number of quaternary nitrogens is 1. The number of unbranched alkanes of at least 4 members (excludes halogenated alkanes) is 30. The molecule has 2 atom stereocenters. The molecule has 8 nitrogen and oxygen atoms in total. The fourth-order valence-corrected chi connectivity index (χ4v) is 7.71. The van der Waals surface area contributed by atoms with E-state index in [2.05, 4.69) is 26.0 Å². The van der Waals surface area contributed by atoms with Crippen molar-refractivity contribution in [3.05, 3.63) is 24.5 Å². The molecule has 9 heteroatoms. The number of hydrogen-bond acceptors (Lipinski definition) is 7. The van der Waals surface area contributed by atoms with Crippen molar-refractivity contribution in [2.75, 3.05) is 47.5 Å². The molecule has 0 rings (SSSR count). The van der Waals surface area contributed by atoms with Gasteiger partial charge in [-0.3, -0.25) is 9.36 Å². The number of carbonyl (C=O) groups excluding carboxylic acids is 1. The predicted octanol–water partition coefficient (Wildman–Crippen LogP) is 14.5. The molecule has 58 heavy (non-hydrogen) atoms. The summed E-state index contributed by atoms with van der Waals surface area (Å²) in [6, 6.07) is 0. The minimum atomic E-state index is -4.54. The highest BCUT2D eigenvalue weighted by atomic mass is 31.2. The molecule has 0 aliphatic rings. The van der Waals surface area contributed by atoms with Crippen molar-refractivity contribution in [3.63, 3.8) is 0 Å². The lowest BCUT2D eigenvalue weighted by molar-refractivity contribution is -0.870. The summed E-state index contributed by atoms with van der Waals surface area (Å²) in [6.07, 6.45) is 50.1. The van der Waals surface area contributed by atoms with Gasteiger partial charge in [0.05, 0.1) is 34.0 Å². The third kappa shape index (κ3) is 45.9. The Balaban J connectivity index is 4.18. The number of hydrogen-bond donors (Lipinski definition) is 0. The zero-order chi connectivity index (χ0) is 42.7. The Kier molecular flexibility index (Phi) is 41.6. The van der Waals surface area contributed by atoms with Gasteiger partial charge in [-0.15, -0.1) is 0 Å². The Morgan fingerprint density at radius 1 is 0.534 bits per heavy atom. The van der Waals surface area contributed by atoms with Crippen LogP contribution in [0.4, 0.5) is 0 Å². The van der Waals surface area contributed by atoms with E-state index < -0.39 is 13.9 Å². The monoisotopic (exact) mass is 842 g/mol. The van der Waals surface area contributed by atoms with Gasteiger partial charge in [-0.25, -0.2) is 0 Å². The van der Waals surface area contributed by atoms with Crippen LogP contribution in [0.1, 0.15) is 232 Å². The molecule has 0 aliphatic carbocycles. The molecule has 0 saturated heterocycles. The van der Waals surface area contributed by atoms with Crippen molar-refractivity contribution in [2.24, 2.45) is 0 Å². The summed E-state index contributed by atoms with van der Waals surface area (Å²) in [5.41, 5.74) is 0. The molecule has 0 amide bonds. The van der Waals surface area contributed by atoms with Crippen molar-refractivity contribution >= 4 is 13.8 Å². The van der Waals surface area contributed by atoms with Gasteiger partial charge in [-0.1, -0.05) is 193 Å². The Labute approximate surface area is 360 Å². The second kappa shape index (κ2) is 42.5. The molecular formula is C49H96NO7P. The average molecular weight is 842 g/mol. The van der Waals surface area contributed by atoms with Crippen LogP contribution < -0.4 is 4.89 Å². The van der Waals surface area contributed by atoms with Gasteiger partial charge in [0.1, 0.15) is 19.8 Å². The number of ether oxygens (including phenoxy) is 2. The highest BCUT2D eigenvalue weighted by Crippen LogP contribution is 2.38. The van der Waals surface area contributed by atoms with Crippen molar-refractivity contribution in [1.82, 2.24) is 0 Å². The van der Waals surface area contributed by atoms with Gasteiger partial charge in [0.25, 0.3) is 7.82 Å². The molecule has 0 fully saturated rings. The van der Waals surface area contributed by atoms with Gasteiger partial charge < -0.3 is 27.9 Å². The van der Waals surface area contributed by atoms with Crippen LogP contribution in [0.5, 0.6) is 0 Å². The first kappa shape index (κ1) is 56.8. The van der Waals surface area contributed by atoms with Crippen LogP contribution in [0.3, 0.4) is 0 Å². The standard InChI is InChI=1S/C49H96NO7P/c1-6-8-10-12-14-16-18-20-22-23-24-25-26-27-29-31-33-35-37-39-41-44-54-46-48(47-56-58(52,53)55-45-43-50(3,4)5)57-49(51)42-40-38-36-34-32-30-28-21-19-17-15-13-11-9-7-2/h21,28,41,44,48H,6-20,22-27,29-40,42-43,45-47H2,1-5H3/b28-21-,44-41-. The van der Waals surface area contributed by atoms with Crippen molar-refractivity contribution in [2.45, 2.75) is 238 Å². The Hall–Kier alpha value is -1.18. The quantitative estimate of drug-likeness (QED) is 0.0150. The average Bonchev–Trinajstić information content (AvgIpc) is 3.18. The maximum atomic E-state index is 12.7. The highest BCUT2D eigenvalue weighted by molar-refractivity contribution is 7.45. The fourth-order valence-electron chi connectivity index (χ4n) is 6.98. The second-order valence-electron chi connectivity index (χ2n) is 17.9. The first-order valence-electron chi connectivity index (χ1n) is 24.6. The number of rotatable bonds is 46. The van der Waals surface area contributed by atoms with E-state index in [-0.39, 0.29) is 25.8 Å². The molecular weight excluding hydrogens is 746 g/mol. The van der Waals surface area contributed by atoms with Gasteiger partial charge in [0.15, 0.2) is 6.10 Å². The second-order valence-corrected chi connectivity index (χ2v) is 19.3. The Bertz CT molecular complexity index is 983. The van der Waals surface area contributed by atoms with Gasteiger partial charge in [0, 0.05) is 6.42 Å². The molecule has 2 unspecified atom stereocenters. The summed E-state index contributed by atoms with van der Waals surface area (Å²) in [7, 11) is 1.33. The maximum Gasteiger partial charge on any atom is 0.306 e. The highest BCUT2D eigenvalue weighted by Gasteiger charge is 2.20. The normalized spacial score (nSPS) is 13.8. The van der Waals surface area contributed by atoms with Crippen LogP contribution in [0.2, 0.25) is 0 Å². The minimum Gasteiger partial charge on any atom is -0.756 e. The number of phosphoric acid groups is 1. The number of carbonyl (C=O) groups is 1. The fraction of sp³-hybridized carbons (Fsp3) is 0.898. The first-order chi connectivity index (χ1) is 28.1. The zero-order valence-electron chi connectivity index (χ0n) is 39.0. The summed E-state index contributed by atoms with van der Waals surface area (Å²) in [4.78, 5) is 25.1. The van der Waals surface area contributed by atoms with Crippen molar-refractivity contribution < 1.29 is 37.3 Å². The van der Waals surface area contributed by atoms with E-state index in [1.165, 1.54) is 167 Å². The van der Waals surface area contributed by atoms with Crippen molar-refractivity contribution in [3.8, 4) is 0 Å². The Morgan fingerprint density at radius 3 is 1.33 bits per heavy atom. The molecule has 0 radical (unpaired) electrons. The number of nitrogens with zero attached hydrogens (tertiary/aromatic N) is 1. The van der Waals surface area contributed by atoms with Crippen LogP contribution in [0.25, 0.3) is 0 Å². The number of phosphoric ester groups is 1. The predicted molar refractivity (Wildman–Crippen MR) is 245 cm³/mol. The minimum absolute atomic E-state index is 0.0168. The number of likely N-dealkylation sites (N-methyl/N-ethyl adjacent to an activating group) is 1. The zero-order valence-corrected chi connectivity index (χ0v) is 39.9. The smallest absolute Gasteiger partial charge is 0.306 e. The van der Waals surface area contributed by atoms with Gasteiger partial charge in [-0.05, 0) is 51.0 Å². The Morgan fingerprint density at radius 2 is 0.914 bits per heavy atom. The molecule has 0 aliphatic heterocycles. The molecule has 0 aromatic rings. The van der Waals surface area contributed by atoms with E-state index in [9.17, 15) is 14.3 Å². The summed E-state index contributed by atoms with van der Waals surface area (Å²) < 4.78 is 34.4. The van der Waals surface area contributed by atoms with Crippen LogP contribution in [-0.2, 0) is 27.9 Å². The third-order valence-corrected chi connectivity index (χ3v) is 11.8. The molecule has 0 N–H and O–H groups in total. The number of esters is 1. The number of allylic oxidation sites excluding steroid dienone is 3. The van der Waals surface area contributed by atoms with Gasteiger partial charge in [-0.2, -0.15) is 0 Å². The molecule has 0 saturated carbocycles. The molecule has 0 heterocycles. The van der Waals surface area contributed by atoms with E-state index in [1.54, 1.807) is 6.26 Å². The summed E-state index contributed by atoms with van der Waals surface area (Å²) in [5.74, 6) is -0.362. The lowest BCUT2D eigenvalue weighted by atomic mass is 10.0. The van der Waals surface area contributed by atoms with Crippen molar-refractivity contribution in [1.29, 1.82) is 0 Å². The largest absolute Gasteiger partial charge is 0.756 e. The summed E-state index contributed by atoms with van der Waals surface area (Å²) in [5, 5.41) is 0. The molecule has 344 valence electrons. The molecule has 0 bridgehead atoms. The van der Waals surface area contributed by atoms with Crippen LogP contribution in [0, 0.1) is 0 Å². The van der Waals surface area contributed by atoms with Gasteiger partial charge in [0.2, 0.25) is 0 Å². The lowest BCUT2D eigenvalue weighted by Gasteiger charge is -2.28. The SMILES string of the molecule is CCCCCCCC/C=C\CCCCCCCC(=O)OC(CO/C=C\CCCCCCCCCCCCCCCCCCCCC)COP(=O)([O-])OCC[N+](C)(C)C. The summed E-state index contributed by atoms with van der Waals surface area (Å²) >= 11 is 0. The van der Waals surface area contributed by atoms with Gasteiger partial charge >= 0.3 is 5.97 Å². The van der Waals surface area contributed by atoms with Crippen LogP contribution in [0.15, 0.2) is 24.5 Å². The van der Waals surface area contributed by atoms with E-state index in [4.69, 9.17) is 18.5 Å². The maximum absolute atomic E-state index is 12.7. The van der Waals surface area contributed by atoms with E-state index >= 15 is 0 Å². The van der Waals surface area contributed by atoms with E-state index in [0.29, 0.717) is 17.4 Å². The third-order valence-electron chi connectivity index (χ3n) is 10.8. The van der Waals surface area contributed by atoms with E-state index in [1.807, 2.05) is 27.2 Å². The lowest BCUT2D eigenvalue weighted by Crippen LogP contribution is -2.37. The molecule has 0 aromatic heterocycles. The van der Waals surface area contributed by atoms with E-state index in [0.717, 1.165) is 44.9 Å². The molecule has 0 spiro atoms. The topological polar surface area (TPSA) is 94.1 Å². The molecule has 0 aromatic carbocycles. The first-order valence-corrected chi connectivity index (χ1v) is 26.1. The van der Waals surface area contributed by atoms with Crippen LogP contribution in [-0.4, -0.2) is 64.1 Å². The van der Waals surface area contributed by atoms with Crippen LogP contribution >= 0.6 is 7.82 Å².